The Morgan fingerprint density at radius 2 is 2.21 bits per heavy atom. The van der Waals surface area contributed by atoms with Gasteiger partial charge in [-0.05, 0) is 13.8 Å². The van der Waals surface area contributed by atoms with Crippen molar-refractivity contribution in [2.45, 2.75) is 26.3 Å². The van der Waals surface area contributed by atoms with Crippen LogP contribution in [0.1, 0.15) is 20.3 Å². The van der Waals surface area contributed by atoms with E-state index in [0.29, 0.717) is 6.54 Å². The van der Waals surface area contributed by atoms with E-state index < -0.39 is 0 Å². The smallest absolute Gasteiger partial charge is 0.232 e. The number of ketones is 1. The number of Topliss-reactive ketones (excluding diaryl/α,β-unsaturated/α-hetero) is 1. The average molecular weight is 198 g/mol. The standard InChI is InChI=1S/C9H14N2O3/c1-6-4-11(5-7(2)12)9(14)3-8(13)10-6/h6H,3-5H2,1-2H3,(H,10,13). The third kappa shape index (κ3) is 2.83. The number of nitrogens with zero attached hydrogens (tertiary/aromatic N) is 1. The zero-order valence-electron chi connectivity index (χ0n) is 8.37. The molecular weight excluding hydrogens is 184 g/mol. The van der Waals surface area contributed by atoms with Crippen LogP contribution in [0.15, 0.2) is 0 Å². The highest BCUT2D eigenvalue weighted by Gasteiger charge is 2.25. The fraction of sp³-hybridized carbons (Fsp3) is 0.667. The third-order valence-electron chi connectivity index (χ3n) is 1.98. The van der Waals surface area contributed by atoms with Gasteiger partial charge in [0.1, 0.15) is 12.2 Å². The SMILES string of the molecule is CC(=O)CN1CC(C)NC(=O)CC1=O. The maximum Gasteiger partial charge on any atom is 0.232 e. The third-order valence-corrected chi connectivity index (χ3v) is 1.98. The topological polar surface area (TPSA) is 66.5 Å². The molecule has 78 valence electrons. The molecule has 5 heteroatoms. The molecule has 0 aromatic heterocycles. The molecule has 0 radical (unpaired) electrons. The van der Waals surface area contributed by atoms with Gasteiger partial charge in [0.15, 0.2) is 0 Å². The van der Waals surface area contributed by atoms with Crippen LogP contribution in [-0.2, 0) is 14.4 Å². The molecule has 1 aliphatic heterocycles. The van der Waals surface area contributed by atoms with Crippen LogP contribution in [0.25, 0.3) is 0 Å². The van der Waals surface area contributed by atoms with Crippen LogP contribution in [0.3, 0.4) is 0 Å². The van der Waals surface area contributed by atoms with Gasteiger partial charge in [-0.15, -0.1) is 0 Å². The van der Waals surface area contributed by atoms with E-state index in [9.17, 15) is 14.4 Å². The predicted molar refractivity (Wildman–Crippen MR) is 49.5 cm³/mol. The molecule has 1 atom stereocenters. The number of amides is 2. The van der Waals surface area contributed by atoms with Gasteiger partial charge in [-0.3, -0.25) is 14.4 Å². The summed E-state index contributed by atoms with van der Waals surface area (Å²) in [6.45, 7) is 3.74. The molecular formula is C9H14N2O3. The summed E-state index contributed by atoms with van der Waals surface area (Å²) in [5.41, 5.74) is 0. The summed E-state index contributed by atoms with van der Waals surface area (Å²) in [6.07, 6.45) is -0.155. The van der Waals surface area contributed by atoms with Crippen LogP contribution in [-0.4, -0.2) is 41.6 Å². The van der Waals surface area contributed by atoms with Crippen LogP contribution in [0.5, 0.6) is 0 Å². The summed E-state index contributed by atoms with van der Waals surface area (Å²) >= 11 is 0. The first-order valence-corrected chi connectivity index (χ1v) is 4.55. The van der Waals surface area contributed by atoms with Gasteiger partial charge in [0, 0.05) is 12.6 Å². The van der Waals surface area contributed by atoms with Crippen molar-refractivity contribution in [3.63, 3.8) is 0 Å². The molecule has 1 unspecified atom stereocenters. The Bertz CT molecular complexity index is 275. The van der Waals surface area contributed by atoms with Crippen LogP contribution >= 0.6 is 0 Å². The second kappa shape index (κ2) is 4.21. The molecule has 1 aliphatic rings. The summed E-state index contributed by atoms with van der Waals surface area (Å²) in [5, 5.41) is 2.66. The Kier molecular flexibility index (Phi) is 3.22. The first kappa shape index (κ1) is 10.7. The Balaban J connectivity index is 2.68. The van der Waals surface area contributed by atoms with E-state index >= 15 is 0 Å². The summed E-state index contributed by atoms with van der Waals surface area (Å²) in [6, 6.07) is -0.0895. The van der Waals surface area contributed by atoms with E-state index in [1.165, 1.54) is 11.8 Å². The molecule has 1 fully saturated rings. The van der Waals surface area contributed by atoms with Crippen LogP contribution < -0.4 is 5.32 Å². The second-order valence-electron chi connectivity index (χ2n) is 3.62. The normalized spacial score (nSPS) is 23.0. The Labute approximate surface area is 82.4 Å². The maximum absolute atomic E-state index is 11.4. The quantitative estimate of drug-likeness (QED) is 0.597. The molecule has 0 saturated carbocycles. The largest absolute Gasteiger partial charge is 0.351 e. The zero-order valence-corrected chi connectivity index (χ0v) is 8.37. The Hall–Kier alpha value is -1.39. The molecule has 5 nitrogen and oxygen atoms in total. The van der Waals surface area contributed by atoms with E-state index in [0.717, 1.165) is 0 Å². The van der Waals surface area contributed by atoms with Gasteiger partial charge < -0.3 is 10.2 Å². The molecule has 1 N–H and O–H groups in total. The van der Waals surface area contributed by atoms with Crippen molar-refractivity contribution in [1.82, 2.24) is 10.2 Å². The molecule has 0 aromatic carbocycles. The Morgan fingerprint density at radius 1 is 1.57 bits per heavy atom. The highest BCUT2D eigenvalue weighted by molar-refractivity contribution is 5.99. The number of nitrogens with one attached hydrogen (secondary N) is 1. The minimum Gasteiger partial charge on any atom is -0.351 e. The molecule has 2 amide bonds. The first-order chi connectivity index (χ1) is 6.49. The lowest BCUT2D eigenvalue weighted by Crippen LogP contribution is -2.40. The monoisotopic (exact) mass is 198 g/mol. The summed E-state index contributed by atoms with van der Waals surface area (Å²) < 4.78 is 0. The first-order valence-electron chi connectivity index (χ1n) is 4.55. The zero-order chi connectivity index (χ0) is 10.7. The predicted octanol–water partition coefficient (Wildman–Crippen LogP) is -0.688. The molecule has 0 aliphatic carbocycles. The number of rotatable bonds is 2. The van der Waals surface area contributed by atoms with E-state index in [2.05, 4.69) is 5.32 Å². The molecule has 1 heterocycles. The van der Waals surface area contributed by atoms with Crippen LogP contribution in [0, 0.1) is 0 Å². The van der Waals surface area contributed by atoms with Crippen LogP contribution in [0.2, 0.25) is 0 Å². The highest BCUT2D eigenvalue weighted by atomic mass is 16.2. The van der Waals surface area contributed by atoms with Crippen molar-refractivity contribution < 1.29 is 14.4 Å². The van der Waals surface area contributed by atoms with Gasteiger partial charge in [-0.25, -0.2) is 0 Å². The number of hydrogen-bond acceptors (Lipinski definition) is 3. The van der Waals surface area contributed by atoms with Gasteiger partial charge in [0.2, 0.25) is 11.8 Å². The number of carbonyl (C=O) groups is 3. The van der Waals surface area contributed by atoms with E-state index in [4.69, 9.17) is 0 Å². The number of carbonyl (C=O) groups excluding carboxylic acids is 3. The summed E-state index contributed by atoms with van der Waals surface area (Å²) in [4.78, 5) is 34.8. The molecule has 14 heavy (non-hydrogen) atoms. The Morgan fingerprint density at radius 3 is 2.79 bits per heavy atom. The summed E-state index contributed by atoms with van der Waals surface area (Å²) in [7, 11) is 0. The van der Waals surface area contributed by atoms with Crippen molar-refractivity contribution in [2.24, 2.45) is 0 Å². The molecule has 0 bridgehead atoms. The second-order valence-corrected chi connectivity index (χ2v) is 3.62. The van der Waals surface area contributed by atoms with Gasteiger partial charge >= 0.3 is 0 Å². The fourth-order valence-corrected chi connectivity index (χ4v) is 1.47. The van der Waals surface area contributed by atoms with Crippen molar-refractivity contribution >= 4 is 17.6 Å². The molecule has 0 spiro atoms. The van der Waals surface area contributed by atoms with E-state index in [1.54, 1.807) is 0 Å². The van der Waals surface area contributed by atoms with Crippen molar-refractivity contribution in [1.29, 1.82) is 0 Å². The summed E-state index contributed by atoms with van der Waals surface area (Å²) in [5.74, 6) is -0.615. The van der Waals surface area contributed by atoms with Crippen LogP contribution in [0.4, 0.5) is 0 Å². The fourth-order valence-electron chi connectivity index (χ4n) is 1.47. The molecule has 1 saturated heterocycles. The molecule has 0 aromatic rings. The van der Waals surface area contributed by atoms with E-state index in [-0.39, 0.29) is 36.6 Å². The van der Waals surface area contributed by atoms with Gasteiger partial charge in [-0.2, -0.15) is 0 Å². The minimum absolute atomic E-state index is 0.0695. The van der Waals surface area contributed by atoms with Gasteiger partial charge in [0.05, 0.1) is 6.54 Å². The van der Waals surface area contributed by atoms with Crippen molar-refractivity contribution in [3.8, 4) is 0 Å². The lowest BCUT2D eigenvalue weighted by atomic mass is 10.3. The highest BCUT2D eigenvalue weighted by Crippen LogP contribution is 2.02. The van der Waals surface area contributed by atoms with Gasteiger partial charge in [0.25, 0.3) is 0 Å². The lowest BCUT2D eigenvalue weighted by Gasteiger charge is -2.20. The minimum atomic E-state index is -0.276. The molecule has 1 rings (SSSR count). The van der Waals surface area contributed by atoms with Gasteiger partial charge in [-0.1, -0.05) is 0 Å². The number of hydrogen-bond donors (Lipinski definition) is 1. The van der Waals surface area contributed by atoms with Crippen molar-refractivity contribution in [3.05, 3.63) is 0 Å². The maximum atomic E-state index is 11.4. The van der Waals surface area contributed by atoms with E-state index in [1.807, 2.05) is 6.92 Å². The lowest BCUT2D eigenvalue weighted by molar-refractivity contribution is -0.136. The average Bonchev–Trinajstić information content (AvgIpc) is 2.10. The van der Waals surface area contributed by atoms with Crippen molar-refractivity contribution in [2.75, 3.05) is 13.1 Å².